The highest BCUT2D eigenvalue weighted by Gasteiger charge is 2.34. The molecule has 1 unspecified atom stereocenters. The SMILES string of the molecule is COCC(=O)N1CCc2c([nH]c3ccccc23)C1c1ccc(Cl)cc1. The Kier molecular flexibility index (Phi) is 4.24. The standard InChI is InChI=1S/C20H19ClN2O2/c1-25-12-18(24)23-11-10-16-15-4-2-3-5-17(15)22-19(16)20(23)13-6-8-14(21)9-7-13/h2-9,20,22H,10-12H2,1H3. The van der Waals surface area contributed by atoms with E-state index < -0.39 is 0 Å². The van der Waals surface area contributed by atoms with Gasteiger partial charge in [0.05, 0.1) is 6.04 Å². The van der Waals surface area contributed by atoms with Gasteiger partial charge in [-0.1, -0.05) is 41.9 Å². The van der Waals surface area contributed by atoms with Gasteiger partial charge in [-0.2, -0.15) is 0 Å². The maximum Gasteiger partial charge on any atom is 0.249 e. The molecule has 0 radical (unpaired) electrons. The van der Waals surface area contributed by atoms with Crippen molar-refractivity contribution in [3.05, 3.63) is 70.4 Å². The molecule has 25 heavy (non-hydrogen) atoms. The third-order valence-electron chi connectivity index (χ3n) is 4.81. The van der Waals surface area contributed by atoms with Crippen LogP contribution in [0.1, 0.15) is 22.9 Å². The number of para-hydroxylation sites is 1. The average molecular weight is 355 g/mol. The number of halogens is 1. The summed E-state index contributed by atoms with van der Waals surface area (Å²) in [6, 6.07) is 15.8. The van der Waals surface area contributed by atoms with E-state index in [9.17, 15) is 4.79 Å². The van der Waals surface area contributed by atoms with Gasteiger partial charge in [0.25, 0.3) is 0 Å². The van der Waals surface area contributed by atoms with Crippen LogP contribution in [0.5, 0.6) is 0 Å². The topological polar surface area (TPSA) is 45.3 Å². The first-order valence-electron chi connectivity index (χ1n) is 8.32. The third-order valence-corrected chi connectivity index (χ3v) is 5.06. The molecule has 0 aliphatic carbocycles. The second-order valence-electron chi connectivity index (χ2n) is 6.29. The van der Waals surface area contributed by atoms with E-state index >= 15 is 0 Å². The number of fused-ring (bicyclic) bond motifs is 3. The largest absolute Gasteiger partial charge is 0.375 e. The van der Waals surface area contributed by atoms with Crippen molar-refractivity contribution in [3.8, 4) is 0 Å². The summed E-state index contributed by atoms with van der Waals surface area (Å²) >= 11 is 6.06. The van der Waals surface area contributed by atoms with Gasteiger partial charge in [0.15, 0.2) is 0 Å². The fraction of sp³-hybridized carbons (Fsp3) is 0.250. The average Bonchev–Trinajstić information content (AvgIpc) is 3.00. The summed E-state index contributed by atoms with van der Waals surface area (Å²) in [5, 5.41) is 1.92. The van der Waals surface area contributed by atoms with E-state index in [0.29, 0.717) is 11.6 Å². The third kappa shape index (κ3) is 2.81. The monoisotopic (exact) mass is 354 g/mol. The van der Waals surface area contributed by atoms with Gasteiger partial charge >= 0.3 is 0 Å². The zero-order chi connectivity index (χ0) is 17.4. The minimum atomic E-state index is -0.156. The Morgan fingerprint density at radius 3 is 2.76 bits per heavy atom. The van der Waals surface area contributed by atoms with E-state index in [1.165, 1.54) is 10.9 Å². The predicted octanol–water partition coefficient (Wildman–Crippen LogP) is 3.94. The molecule has 128 valence electrons. The quantitative estimate of drug-likeness (QED) is 0.774. The van der Waals surface area contributed by atoms with Crippen LogP contribution in [0, 0.1) is 0 Å². The summed E-state index contributed by atoms with van der Waals surface area (Å²) < 4.78 is 5.08. The van der Waals surface area contributed by atoms with Crippen LogP contribution in [-0.2, 0) is 16.0 Å². The zero-order valence-electron chi connectivity index (χ0n) is 14.0. The van der Waals surface area contributed by atoms with Crippen LogP contribution in [-0.4, -0.2) is 36.1 Å². The zero-order valence-corrected chi connectivity index (χ0v) is 14.7. The van der Waals surface area contributed by atoms with Crippen molar-refractivity contribution in [1.29, 1.82) is 0 Å². The highest BCUT2D eigenvalue weighted by molar-refractivity contribution is 6.30. The van der Waals surface area contributed by atoms with Crippen molar-refractivity contribution in [2.45, 2.75) is 12.5 Å². The Bertz CT molecular complexity index is 917. The summed E-state index contributed by atoms with van der Waals surface area (Å²) in [4.78, 5) is 18.1. The normalized spacial score (nSPS) is 16.9. The lowest BCUT2D eigenvalue weighted by atomic mass is 9.92. The predicted molar refractivity (Wildman–Crippen MR) is 98.9 cm³/mol. The number of benzene rings is 2. The fourth-order valence-electron chi connectivity index (χ4n) is 3.71. The molecule has 0 fully saturated rings. The Morgan fingerprint density at radius 1 is 1.24 bits per heavy atom. The molecule has 0 spiro atoms. The van der Waals surface area contributed by atoms with Crippen LogP contribution < -0.4 is 0 Å². The number of ether oxygens (including phenoxy) is 1. The number of nitrogens with one attached hydrogen (secondary N) is 1. The fourth-order valence-corrected chi connectivity index (χ4v) is 3.83. The summed E-state index contributed by atoms with van der Waals surface area (Å²) in [7, 11) is 1.55. The molecular weight excluding hydrogens is 336 g/mol. The van der Waals surface area contributed by atoms with Crippen molar-refractivity contribution >= 4 is 28.4 Å². The van der Waals surface area contributed by atoms with E-state index in [1.54, 1.807) is 7.11 Å². The molecule has 2 aromatic carbocycles. The van der Waals surface area contributed by atoms with Crippen LogP contribution >= 0.6 is 11.6 Å². The van der Waals surface area contributed by atoms with E-state index in [1.807, 2.05) is 35.2 Å². The number of nitrogens with zero attached hydrogens (tertiary/aromatic N) is 1. The van der Waals surface area contributed by atoms with Crippen molar-refractivity contribution in [2.24, 2.45) is 0 Å². The first-order chi connectivity index (χ1) is 12.2. The van der Waals surface area contributed by atoms with Gasteiger partial charge in [-0.3, -0.25) is 4.79 Å². The summed E-state index contributed by atoms with van der Waals surface area (Å²) in [6.07, 6.45) is 0.832. The van der Waals surface area contributed by atoms with E-state index in [0.717, 1.165) is 23.2 Å². The first-order valence-corrected chi connectivity index (χ1v) is 8.70. The lowest BCUT2D eigenvalue weighted by molar-refractivity contribution is -0.137. The van der Waals surface area contributed by atoms with Crippen molar-refractivity contribution in [2.75, 3.05) is 20.3 Å². The highest BCUT2D eigenvalue weighted by Crippen LogP contribution is 2.38. The Labute approximate surface area is 151 Å². The van der Waals surface area contributed by atoms with Crippen LogP contribution in [0.2, 0.25) is 5.02 Å². The number of aromatic amines is 1. The number of aromatic nitrogens is 1. The summed E-state index contributed by atoms with van der Waals surface area (Å²) in [5.74, 6) is -0.00763. The van der Waals surface area contributed by atoms with Gasteiger partial charge in [-0.05, 0) is 35.7 Å². The number of H-pyrrole nitrogens is 1. The molecule has 1 N–H and O–H groups in total. The molecule has 5 heteroatoms. The molecule has 0 saturated heterocycles. The number of hydrogen-bond acceptors (Lipinski definition) is 2. The maximum absolute atomic E-state index is 12.6. The van der Waals surface area contributed by atoms with Gasteiger partial charge in [0, 0.05) is 35.3 Å². The van der Waals surface area contributed by atoms with Crippen LogP contribution in [0.25, 0.3) is 10.9 Å². The molecule has 1 atom stereocenters. The molecule has 4 rings (SSSR count). The molecule has 3 aromatic rings. The number of carbonyl (C=O) groups excluding carboxylic acids is 1. The number of amides is 1. The summed E-state index contributed by atoms with van der Waals surface area (Å²) in [5.41, 5.74) is 4.52. The van der Waals surface area contributed by atoms with Gasteiger partial charge in [-0.25, -0.2) is 0 Å². The van der Waals surface area contributed by atoms with Gasteiger partial charge < -0.3 is 14.6 Å². The van der Waals surface area contributed by atoms with Crippen molar-refractivity contribution < 1.29 is 9.53 Å². The number of hydrogen-bond donors (Lipinski definition) is 1. The molecule has 4 nitrogen and oxygen atoms in total. The van der Waals surface area contributed by atoms with Crippen LogP contribution in [0.4, 0.5) is 0 Å². The van der Waals surface area contributed by atoms with E-state index in [2.05, 4.69) is 23.2 Å². The first kappa shape index (κ1) is 16.2. The molecule has 1 aliphatic heterocycles. The lowest BCUT2D eigenvalue weighted by Gasteiger charge is -2.36. The molecule has 1 aliphatic rings. The Balaban J connectivity index is 1.87. The Hall–Kier alpha value is -2.30. The number of carbonyl (C=O) groups is 1. The second-order valence-corrected chi connectivity index (χ2v) is 6.72. The molecule has 0 saturated carbocycles. The number of methoxy groups -OCH3 is 1. The van der Waals surface area contributed by atoms with E-state index in [-0.39, 0.29) is 18.6 Å². The van der Waals surface area contributed by atoms with Crippen molar-refractivity contribution in [3.63, 3.8) is 0 Å². The second kappa shape index (κ2) is 6.54. The number of rotatable bonds is 3. The lowest BCUT2D eigenvalue weighted by Crippen LogP contribution is -2.42. The van der Waals surface area contributed by atoms with Gasteiger partial charge in [0.2, 0.25) is 5.91 Å². The Morgan fingerprint density at radius 2 is 2.00 bits per heavy atom. The maximum atomic E-state index is 12.6. The summed E-state index contributed by atoms with van der Waals surface area (Å²) in [6.45, 7) is 0.754. The molecule has 1 aromatic heterocycles. The molecular formula is C20H19ClN2O2. The molecule has 2 heterocycles. The minimum Gasteiger partial charge on any atom is -0.375 e. The van der Waals surface area contributed by atoms with E-state index in [4.69, 9.17) is 16.3 Å². The van der Waals surface area contributed by atoms with Crippen LogP contribution in [0.15, 0.2) is 48.5 Å². The highest BCUT2D eigenvalue weighted by atomic mass is 35.5. The minimum absolute atomic E-state index is 0.00763. The van der Waals surface area contributed by atoms with Crippen molar-refractivity contribution in [1.82, 2.24) is 9.88 Å². The smallest absolute Gasteiger partial charge is 0.249 e. The van der Waals surface area contributed by atoms with Crippen LogP contribution in [0.3, 0.4) is 0 Å². The van der Waals surface area contributed by atoms with Gasteiger partial charge in [-0.15, -0.1) is 0 Å². The molecule has 0 bridgehead atoms. The molecule has 1 amide bonds. The van der Waals surface area contributed by atoms with Gasteiger partial charge in [0.1, 0.15) is 6.61 Å².